The van der Waals surface area contributed by atoms with Crippen LogP contribution in [0.1, 0.15) is 54.2 Å². The summed E-state index contributed by atoms with van der Waals surface area (Å²) in [6.45, 7) is 13.8. The molecule has 51 heavy (non-hydrogen) atoms. The summed E-state index contributed by atoms with van der Waals surface area (Å²) in [5.41, 5.74) is 14.0. The SMILES string of the molecule is CO.COC(C)(C)C.CSN1Cc2cc(Nc3ncccc3OCc3ccccc3)ccc2-c2c(C)c(-c3ccc(C)cc3)c(CC=O)c(C)c21. The summed E-state index contributed by atoms with van der Waals surface area (Å²) < 4.78 is 13.4. The number of fused-ring (bicyclic) bond motifs is 3. The van der Waals surface area contributed by atoms with Crippen molar-refractivity contribution < 1.29 is 19.4 Å². The van der Waals surface area contributed by atoms with Gasteiger partial charge in [0.25, 0.3) is 0 Å². The number of anilines is 3. The van der Waals surface area contributed by atoms with E-state index >= 15 is 0 Å². The fourth-order valence-corrected chi connectivity index (χ4v) is 6.73. The van der Waals surface area contributed by atoms with Crippen LogP contribution in [-0.2, 0) is 29.1 Å². The van der Waals surface area contributed by atoms with Crippen LogP contribution in [-0.4, -0.2) is 42.5 Å². The summed E-state index contributed by atoms with van der Waals surface area (Å²) in [6, 6.07) is 29.2. The third-order valence-electron chi connectivity index (χ3n) is 8.77. The van der Waals surface area contributed by atoms with Gasteiger partial charge in [0.2, 0.25) is 0 Å². The second kappa shape index (κ2) is 18.0. The number of hydrogen-bond acceptors (Lipinski definition) is 8. The number of aromatic nitrogens is 1. The lowest BCUT2D eigenvalue weighted by Crippen LogP contribution is -2.22. The molecule has 1 aliphatic rings. The molecule has 0 fully saturated rings. The highest BCUT2D eigenvalue weighted by atomic mass is 32.2. The van der Waals surface area contributed by atoms with Crippen LogP contribution in [0.5, 0.6) is 5.75 Å². The number of aliphatic hydroxyl groups excluding tert-OH is 1. The number of ether oxygens (including phenoxy) is 2. The van der Waals surface area contributed by atoms with E-state index in [-0.39, 0.29) is 5.60 Å². The first-order valence-corrected chi connectivity index (χ1v) is 18.2. The summed E-state index contributed by atoms with van der Waals surface area (Å²) in [6.07, 6.45) is 5.31. The first-order chi connectivity index (χ1) is 24.5. The van der Waals surface area contributed by atoms with E-state index in [2.05, 4.69) is 96.2 Å². The van der Waals surface area contributed by atoms with Gasteiger partial charge in [-0.3, -0.25) is 0 Å². The van der Waals surface area contributed by atoms with Crippen LogP contribution in [0.2, 0.25) is 0 Å². The minimum Gasteiger partial charge on any atom is -0.485 e. The minimum absolute atomic E-state index is 0.0417. The Morgan fingerprint density at radius 1 is 0.922 bits per heavy atom. The monoisotopic (exact) mass is 705 g/mol. The zero-order chi connectivity index (χ0) is 37.1. The van der Waals surface area contributed by atoms with Crippen molar-refractivity contribution in [3.05, 3.63) is 125 Å². The Hall–Kier alpha value is -4.63. The highest BCUT2D eigenvalue weighted by molar-refractivity contribution is 7.99. The zero-order valence-electron chi connectivity index (χ0n) is 31.3. The molecule has 0 amide bonds. The van der Waals surface area contributed by atoms with Crippen molar-refractivity contribution in [2.24, 2.45) is 0 Å². The molecule has 0 radical (unpaired) electrons. The zero-order valence-corrected chi connectivity index (χ0v) is 32.2. The van der Waals surface area contributed by atoms with Crippen LogP contribution in [0.4, 0.5) is 17.2 Å². The Balaban J connectivity index is 0.000000662. The number of carbonyl (C=O) groups excluding carboxylic acids is 1. The molecule has 5 aromatic rings. The molecule has 0 spiro atoms. The molecular weight excluding hydrogens is 655 g/mol. The van der Waals surface area contributed by atoms with Crippen LogP contribution >= 0.6 is 11.9 Å². The van der Waals surface area contributed by atoms with Crippen molar-refractivity contribution in [1.82, 2.24) is 4.98 Å². The number of methoxy groups -OCH3 is 1. The first-order valence-electron chi connectivity index (χ1n) is 17.0. The predicted molar refractivity (Wildman–Crippen MR) is 214 cm³/mol. The van der Waals surface area contributed by atoms with Crippen LogP contribution in [0.25, 0.3) is 22.3 Å². The summed E-state index contributed by atoms with van der Waals surface area (Å²) in [7, 11) is 2.71. The van der Waals surface area contributed by atoms with Gasteiger partial charge in [-0.1, -0.05) is 78.2 Å². The molecule has 0 bridgehead atoms. The smallest absolute Gasteiger partial charge is 0.173 e. The number of aldehydes is 1. The maximum Gasteiger partial charge on any atom is 0.173 e. The number of carbonyl (C=O) groups is 1. The number of rotatable bonds is 9. The second-order valence-electron chi connectivity index (χ2n) is 13.2. The van der Waals surface area contributed by atoms with Crippen molar-refractivity contribution in [2.75, 3.05) is 30.1 Å². The standard InChI is InChI=1S/C37H35N3O2S.C5H12O.CH4O/c1-24-12-14-28(15-13-24)34-26(3)35-32-17-16-30(21-29(32)22-40(43-4)36(35)25(2)31(34)18-20-41)39-37-33(11-8-19-38-37)42-23-27-9-6-5-7-10-27;1-5(2,3)6-4;1-2/h5-17,19-21H,18,22-23H2,1-4H3,(H,38,39);1-4H3;2H,1H3. The van der Waals surface area contributed by atoms with E-state index in [4.69, 9.17) is 14.6 Å². The molecule has 8 heteroatoms. The van der Waals surface area contributed by atoms with E-state index in [1.807, 2.05) is 51.1 Å². The summed E-state index contributed by atoms with van der Waals surface area (Å²) in [5, 5.41) is 10.5. The molecule has 0 saturated heterocycles. The van der Waals surface area contributed by atoms with E-state index < -0.39 is 0 Å². The topological polar surface area (TPSA) is 83.9 Å². The summed E-state index contributed by atoms with van der Waals surface area (Å²) in [4.78, 5) is 16.5. The number of aliphatic hydroxyl groups is 1. The Morgan fingerprint density at radius 3 is 2.24 bits per heavy atom. The third-order valence-corrected chi connectivity index (χ3v) is 9.52. The molecular formula is C43H51N3O4S. The van der Waals surface area contributed by atoms with E-state index in [1.165, 1.54) is 39.1 Å². The van der Waals surface area contributed by atoms with Gasteiger partial charge in [-0.05, 0) is 110 Å². The summed E-state index contributed by atoms with van der Waals surface area (Å²) in [5.74, 6) is 1.39. The van der Waals surface area contributed by atoms with Crippen molar-refractivity contribution in [1.29, 1.82) is 0 Å². The fourth-order valence-electron chi connectivity index (χ4n) is 6.05. The van der Waals surface area contributed by atoms with E-state index in [0.717, 1.165) is 47.9 Å². The van der Waals surface area contributed by atoms with Gasteiger partial charge in [-0.25, -0.2) is 4.98 Å². The lowest BCUT2D eigenvalue weighted by atomic mass is 9.81. The van der Waals surface area contributed by atoms with Crippen molar-refractivity contribution in [3.8, 4) is 28.0 Å². The van der Waals surface area contributed by atoms with Crippen LogP contribution in [0, 0.1) is 20.8 Å². The molecule has 268 valence electrons. The van der Waals surface area contributed by atoms with Gasteiger partial charge in [0.1, 0.15) is 12.9 Å². The van der Waals surface area contributed by atoms with Gasteiger partial charge in [0.05, 0.1) is 17.8 Å². The van der Waals surface area contributed by atoms with Crippen LogP contribution in [0.15, 0.2) is 91.1 Å². The number of hydrogen-bond donors (Lipinski definition) is 2. The predicted octanol–water partition coefficient (Wildman–Crippen LogP) is 10.0. The molecule has 6 rings (SSSR count). The average molecular weight is 706 g/mol. The highest BCUT2D eigenvalue weighted by Crippen LogP contribution is 2.50. The number of nitrogens with zero attached hydrogens (tertiary/aromatic N) is 2. The van der Waals surface area contributed by atoms with E-state index in [0.29, 0.717) is 24.6 Å². The lowest BCUT2D eigenvalue weighted by Gasteiger charge is -2.36. The fraction of sp³-hybridized carbons (Fsp3) is 0.302. The van der Waals surface area contributed by atoms with E-state index in [1.54, 1.807) is 25.3 Å². The quantitative estimate of drug-likeness (QED) is 0.116. The Labute approximate surface area is 308 Å². The molecule has 0 unspecified atom stereocenters. The second-order valence-corrected chi connectivity index (χ2v) is 14.0. The van der Waals surface area contributed by atoms with Gasteiger partial charge in [-0.15, -0.1) is 0 Å². The van der Waals surface area contributed by atoms with Crippen LogP contribution in [0.3, 0.4) is 0 Å². The molecule has 0 atom stereocenters. The lowest BCUT2D eigenvalue weighted by molar-refractivity contribution is -0.107. The Bertz CT molecular complexity index is 1900. The van der Waals surface area contributed by atoms with Gasteiger partial charge < -0.3 is 29.0 Å². The largest absolute Gasteiger partial charge is 0.485 e. The first kappa shape index (κ1) is 39.2. The van der Waals surface area contributed by atoms with Crippen molar-refractivity contribution >= 4 is 35.4 Å². The minimum atomic E-state index is 0.0417. The number of aryl methyl sites for hydroxylation is 1. The van der Waals surface area contributed by atoms with Crippen molar-refractivity contribution in [2.45, 2.75) is 66.7 Å². The van der Waals surface area contributed by atoms with Crippen LogP contribution < -0.4 is 14.4 Å². The maximum absolute atomic E-state index is 11.9. The van der Waals surface area contributed by atoms with Gasteiger partial charge in [0, 0.05) is 44.3 Å². The number of pyridine rings is 1. The average Bonchev–Trinajstić information content (AvgIpc) is 3.14. The van der Waals surface area contributed by atoms with E-state index in [9.17, 15) is 4.79 Å². The van der Waals surface area contributed by atoms with Gasteiger partial charge >= 0.3 is 0 Å². The molecule has 0 aliphatic carbocycles. The Kier molecular flexibility index (Phi) is 13.9. The normalized spacial score (nSPS) is 11.6. The summed E-state index contributed by atoms with van der Waals surface area (Å²) >= 11 is 1.71. The molecule has 2 N–H and O–H groups in total. The molecule has 1 aromatic heterocycles. The molecule has 4 aromatic carbocycles. The van der Waals surface area contributed by atoms with Crippen molar-refractivity contribution in [3.63, 3.8) is 0 Å². The number of nitrogens with one attached hydrogen (secondary N) is 1. The molecule has 7 nitrogen and oxygen atoms in total. The molecule has 0 saturated carbocycles. The maximum atomic E-state index is 11.9. The Morgan fingerprint density at radius 2 is 1.61 bits per heavy atom. The van der Waals surface area contributed by atoms with Gasteiger partial charge in [-0.2, -0.15) is 0 Å². The van der Waals surface area contributed by atoms with Gasteiger partial charge in [0.15, 0.2) is 11.6 Å². The highest BCUT2D eigenvalue weighted by Gasteiger charge is 2.30. The molecule has 2 heterocycles. The number of benzene rings is 4. The molecule has 1 aliphatic heterocycles. The third kappa shape index (κ3) is 9.58.